The van der Waals surface area contributed by atoms with E-state index in [1.54, 1.807) is 5.48 Å². The van der Waals surface area contributed by atoms with Gasteiger partial charge in [0.2, 0.25) is 0 Å². The summed E-state index contributed by atoms with van der Waals surface area (Å²) in [5.74, 6) is -3.03. The molecule has 1 aromatic carbocycles. The summed E-state index contributed by atoms with van der Waals surface area (Å²) >= 11 is 0. The quantitative estimate of drug-likeness (QED) is 0.254. The van der Waals surface area contributed by atoms with Gasteiger partial charge in [0.15, 0.2) is 24.3 Å². The zero-order valence-electron chi connectivity index (χ0n) is 17.8. The van der Waals surface area contributed by atoms with Crippen molar-refractivity contribution in [1.29, 1.82) is 0 Å². The molecule has 0 amide bonds. The molecule has 1 aromatic heterocycles. The highest BCUT2D eigenvalue weighted by Crippen LogP contribution is 2.35. The van der Waals surface area contributed by atoms with Crippen LogP contribution in [0.25, 0.3) is 0 Å². The van der Waals surface area contributed by atoms with Gasteiger partial charge in [-0.05, 0) is 42.0 Å². The molecule has 1 aliphatic carbocycles. The van der Waals surface area contributed by atoms with Crippen molar-refractivity contribution >= 4 is 23.7 Å². The third-order valence-electron chi connectivity index (χ3n) is 6.08. The van der Waals surface area contributed by atoms with Crippen molar-refractivity contribution in [2.75, 3.05) is 12.1 Å². The number of hydrogen-bond donors (Lipinski definition) is 2. The molecule has 2 aliphatic heterocycles. The van der Waals surface area contributed by atoms with Gasteiger partial charge in [-0.15, -0.1) is 0 Å². The van der Waals surface area contributed by atoms with Gasteiger partial charge in [-0.1, -0.05) is 18.2 Å². The molecule has 0 spiro atoms. The Morgan fingerprint density at radius 1 is 1.12 bits per heavy atom. The summed E-state index contributed by atoms with van der Waals surface area (Å²) in [5, 5.41) is 8.92. The van der Waals surface area contributed by atoms with E-state index >= 15 is 0 Å². The number of ether oxygens (including phenoxy) is 4. The molecule has 2 fully saturated rings. The van der Waals surface area contributed by atoms with E-state index in [-0.39, 0.29) is 18.8 Å². The van der Waals surface area contributed by atoms with Gasteiger partial charge in [0.1, 0.15) is 12.7 Å². The summed E-state index contributed by atoms with van der Waals surface area (Å²) in [6.07, 6.45) is 0.0499. The second-order valence-electron chi connectivity index (χ2n) is 8.24. The third-order valence-corrected chi connectivity index (χ3v) is 6.08. The van der Waals surface area contributed by atoms with Gasteiger partial charge in [0.05, 0.1) is 6.42 Å². The molecule has 178 valence electrons. The third kappa shape index (κ3) is 4.13. The molecular weight excluding hydrogens is 450 g/mol. The standard InChI is InChI=1S/C22H21N3O9/c26-16(9-11-4-5-12-2-1-3-13(12)8-11)31-10-14-17-18(34-21(28)20(27)33-17)19(32-14)25-7-6-15(24-30)23-22(25)29/h4-8,14,17-19,30H,1-3,9-10H2,(H,23,24,29)/t14-,17?,18?,19-/m1/s1. The lowest BCUT2D eigenvalue weighted by Gasteiger charge is -2.27. The number of carbonyl (C=O) groups is 3. The van der Waals surface area contributed by atoms with Crippen LogP contribution in [0.15, 0.2) is 35.3 Å². The molecule has 0 radical (unpaired) electrons. The number of nitrogens with one attached hydrogen (secondary N) is 1. The molecular formula is C22H21N3O9. The Morgan fingerprint density at radius 2 is 1.88 bits per heavy atom. The molecule has 4 atom stereocenters. The van der Waals surface area contributed by atoms with Crippen molar-refractivity contribution in [2.45, 2.75) is 50.2 Å². The number of rotatable bonds is 6. The van der Waals surface area contributed by atoms with E-state index in [1.807, 2.05) is 18.2 Å². The van der Waals surface area contributed by atoms with E-state index in [2.05, 4.69) is 4.98 Å². The van der Waals surface area contributed by atoms with Crippen molar-refractivity contribution in [1.82, 2.24) is 9.55 Å². The molecule has 2 aromatic rings. The predicted molar refractivity (Wildman–Crippen MR) is 111 cm³/mol. The SMILES string of the molecule is O=C(Cc1ccc2c(c1)CCC2)OC[C@H]1O[C@@H](n2ccc(NO)nc2=O)C2OC(=O)C(=O)OC21. The van der Waals surface area contributed by atoms with Crippen LogP contribution in [0.1, 0.15) is 29.3 Å². The Morgan fingerprint density at radius 3 is 2.65 bits per heavy atom. The van der Waals surface area contributed by atoms with Crippen molar-refractivity contribution in [3.8, 4) is 0 Å². The van der Waals surface area contributed by atoms with E-state index in [0.29, 0.717) is 0 Å². The van der Waals surface area contributed by atoms with Gasteiger partial charge in [-0.25, -0.2) is 14.4 Å². The summed E-state index contributed by atoms with van der Waals surface area (Å²) in [4.78, 5) is 52.0. The number of aromatic nitrogens is 2. The minimum absolute atomic E-state index is 0.0608. The van der Waals surface area contributed by atoms with Gasteiger partial charge < -0.3 is 18.9 Å². The largest absolute Gasteiger partial charge is 0.463 e. The second-order valence-corrected chi connectivity index (χ2v) is 8.24. The number of anilines is 1. The monoisotopic (exact) mass is 471 g/mol. The van der Waals surface area contributed by atoms with E-state index in [9.17, 15) is 19.2 Å². The minimum atomic E-state index is -1.22. The summed E-state index contributed by atoms with van der Waals surface area (Å²) in [7, 11) is 0. The second kappa shape index (κ2) is 8.88. The first-order valence-corrected chi connectivity index (χ1v) is 10.8. The zero-order valence-corrected chi connectivity index (χ0v) is 17.8. The summed E-state index contributed by atoms with van der Waals surface area (Å²) in [6.45, 7) is -0.287. The molecule has 0 saturated carbocycles. The number of carbonyl (C=O) groups excluding carboxylic acids is 3. The fourth-order valence-electron chi connectivity index (χ4n) is 4.47. The number of esters is 3. The molecule has 2 saturated heterocycles. The van der Waals surface area contributed by atoms with Crippen LogP contribution in [0.5, 0.6) is 0 Å². The number of benzene rings is 1. The maximum absolute atomic E-state index is 12.5. The highest BCUT2D eigenvalue weighted by atomic mass is 16.7. The van der Waals surface area contributed by atoms with Gasteiger partial charge >= 0.3 is 23.6 Å². The summed E-state index contributed by atoms with van der Waals surface area (Å²) in [6, 6.07) is 7.23. The van der Waals surface area contributed by atoms with Gasteiger partial charge in [-0.3, -0.25) is 20.0 Å². The number of nitrogens with zero attached hydrogens (tertiary/aromatic N) is 2. The molecule has 2 N–H and O–H groups in total. The minimum Gasteiger partial charge on any atom is -0.463 e. The Hall–Kier alpha value is -3.77. The Labute approximate surface area is 192 Å². The van der Waals surface area contributed by atoms with E-state index in [4.69, 9.17) is 24.2 Å². The van der Waals surface area contributed by atoms with Crippen molar-refractivity contribution in [3.63, 3.8) is 0 Å². The lowest BCUT2D eigenvalue weighted by atomic mass is 10.0. The van der Waals surface area contributed by atoms with Crippen LogP contribution in [0.4, 0.5) is 5.82 Å². The normalized spacial score (nSPS) is 25.2. The van der Waals surface area contributed by atoms with Crippen LogP contribution in [-0.4, -0.2) is 57.6 Å². The summed E-state index contributed by atoms with van der Waals surface area (Å²) in [5.41, 5.74) is 4.32. The predicted octanol–water partition coefficient (Wildman–Crippen LogP) is 0.0536. The summed E-state index contributed by atoms with van der Waals surface area (Å²) < 4.78 is 22.5. The molecule has 12 nitrogen and oxygen atoms in total. The molecule has 3 aliphatic rings. The zero-order chi connectivity index (χ0) is 23.8. The van der Waals surface area contributed by atoms with Gasteiger partial charge in [0, 0.05) is 6.20 Å². The van der Waals surface area contributed by atoms with Gasteiger partial charge in [0.25, 0.3) is 0 Å². The van der Waals surface area contributed by atoms with E-state index in [0.717, 1.165) is 29.4 Å². The highest BCUT2D eigenvalue weighted by Gasteiger charge is 2.55. The van der Waals surface area contributed by atoms with Gasteiger partial charge in [-0.2, -0.15) is 4.98 Å². The van der Waals surface area contributed by atoms with Crippen molar-refractivity contribution in [3.05, 3.63) is 57.6 Å². The number of hydrogen-bond acceptors (Lipinski definition) is 11. The van der Waals surface area contributed by atoms with Crippen LogP contribution in [0.3, 0.4) is 0 Å². The van der Waals surface area contributed by atoms with E-state index in [1.165, 1.54) is 23.4 Å². The first-order valence-electron chi connectivity index (χ1n) is 10.8. The van der Waals surface area contributed by atoms with Crippen LogP contribution in [0.2, 0.25) is 0 Å². The Bertz CT molecular complexity index is 1210. The Kier molecular flexibility index (Phi) is 5.75. The fraction of sp³-hybridized carbons (Fsp3) is 0.409. The van der Waals surface area contributed by atoms with E-state index < -0.39 is 48.1 Å². The van der Waals surface area contributed by atoms with Crippen molar-refractivity contribution in [2.24, 2.45) is 0 Å². The molecule has 2 unspecified atom stereocenters. The topological polar surface area (TPSA) is 155 Å². The molecule has 0 bridgehead atoms. The highest BCUT2D eigenvalue weighted by molar-refractivity contribution is 6.30. The lowest BCUT2D eigenvalue weighted by Crippen LogP contribution is -2.48. The molecule has 34 heavy (non-hydrogen) atoms. The maximum atomic E-state index is 12.5. The number of fused-ring (bicyclic) bond motifs is 2. The molecule has 3 heterocycles. The first kappa shape index (κ1) is 22.0. The first-order chi connectivity index (χ1) is 16.4. The molecule has 12 heteroatoms. The maximum Gasteiger partial charge on any atom is 0.418 e. The molecule has 5 rings (SSSR count). The van der Waals surface area contributed by atoms with Crippen molar-refractivity contribution < 1.29 is 38.5 Å². The Balaban J connectivity index is 1.29. The van der Waals surface area contributed by atoms with Crippen LogP contribution in [-0.2, 0) is 52.6 Å². The van der Waals surface area contributed by atoms with Crippen LogP contribution < -0.4 is 11.2 Å². The van der Waals surface area contributed by atoms with Crippen LogP contribution >= 0.6 is 0 Å². The number of aryl methyl sites for hydroxylation is 2. The van der Waals surface area contributed by atoms with Crippen LogP contribution in [0, 0.1) is 0 Å². The lowest BCUT2D eigenvalue weighted by molar-refractivity contribution is -0.195. The smallest absolute Gasteiger partial charge is 0.418 e. The fourth-order valence-corrected chi connectivity index (χ4v) is 4.47. The average molecular weight is 471 g/mol. The average Bonchev–Trinajstić information content (AvgIpc) is 3.42.